The first kappa shape index (κ1) is 27.2. The number of fused-ring (bicyclic) bond motifs is 1. The molecule has 9 nitrogen and oxygen atoms in total. The third-order valence-electron chi connectivity index (χ3n) is 5.99. The molecule has 2 aromatic carbocycles. The maximum atomic E-state index is 13.4. The molecule has 192 valence electrons. The number of carbonyl (C=O) groups is 3. The summed E-state index contributed by atoms with van der Waals surface area (Å²) in [6, 6.07) is 9.51. The number of imidazole rings is 1. The second-order valence-electron chi connectivity index (χ2n) is 9.11. The smallest absolute Gasteiger partial charge is 0.336 e. The molecular weight excluding hydrogens is 484 g/mol. The average Bonchev–Trinajstić information content (AvgIpc) is 3.15. The summed E-state index contributed by atoms with van der Waals surface area (Å²) in [7, 11) is 0. The van der Waals surface area contributed by atoms with Gasteiger partial charge in [-0.3, -0.25) is 14.8 Å². The van der Waals surface area contributed by atoms with Crippen LogP contribution in [0, 0.1) is 5.92 Å². The number of hydrogen-bond donors (Lipinski definition) is 4. The lowest BCUT2D eigenvalue weighted by atomic mass is 9.99. The van der Waals surface area contributed by atoms with E-state index in [1.807, 2.05) is 32.9 Å². The summed E-state index contributed by atoms with van der Waals surface area (Å²) in [6.07, 6.45) is 2.64. The van der Waals surface area contributed by atoms with Gasteiger partial charge in [0.1, 0.15) is 17.6 Å². The van der Waals surface area contributed by atoms with E-state index in [9.17, 15) is 19.5 Å². The van der Waals surface area contributed by atoms with Gasteiger partial charge < -0.3 is 15.0 Å². The molecule has 0 aliphatic carbocycles. The number of rotatable bonds is 11. The number of nitrogens with zero attached hydrogens (tertiary/aromatic N) is 2. The van der Waals surface area contributed by atoms with Crippen LogP contribution < -0.4 is 10.8 Å². The SMILES string of the molecule is CCCCc1nc(Cl)c(C(=O)NC(CC(C)C)C(=O)NO)n1Cc1ccc(C(=O)O)c2ccccc12. The molecule has 0 aliphatic heterocycles. The molecule has 36 heavy (non-hydrogen) atoms. The molecule has 1 atom stereocenters. The Labute approximate surface area is 214 Å². The molecule has 1 heterocycles. The molecule has 0 aliphatic rings. The Kier molecular flexibility index (Phi) is 9.06. The van der Waals surface area contributed by atoms with Gasteiger partial charge in [0.2, 0.25) is 0 Å². The number of carboxylic acids is 1. The van der Waals surface area contributed by atoms with Crippen LogP contribution in [0.4, 0.5) is 0 Å². The Balaban J connectivity index is 2.07. The van der Waals surface area contributed by atoms with Crippen LogP contribution in [0.15, 0.2) is 36.4 Å². The topological polar surface area (TPSA) is 134 Å². The number of nitrogens with one attached hydrogen (secondary N) is 2. The number of carboxylic acid groups (broad SMARTS) is 1. The summed E-state index contributed by atoms with van der Waals surface area (Å²) in [6.45, 7) is 6.07. The molecular formula is C26H31ClN4O5. The summed E-state index contributed by atoms with van der Waals surface area (Å²) in [5.41, 5.74) is 2.70. The molecule has 1 unspecified atom stereocenters. The molecule has 0 saturated heterocycles. The van der Waals surface area contributed by atoms with E-state index in [2.05, 4.69) is 10.3 Å². The number of benzene rings is 2. The normalized spacial score (nSPS) is 12.1. The van der Waals surface area contributed by atoms with Gasteiger partial charge in [0.25, 0.3) is 11.8 Å². The molecule has 3 aromatic rings. The van der Waals surface area contributed by atoms with Crippen LogP contribution in [-0.4, -0.2) is 43.7 Å². The molecule has 2 amide bonds. The lowest BCUT2D eigenvalue weighted by molar-refractivity contribution is -0.131. The van der Waals surface area contributed by atoms with Crippen LogP contribution in [0.2, 0.25) is 5.15 Å². The van der Waals surface area contributed by atoms with Gasteiger partial charge in [-0.15, -0.1) is 0 Å². The Bertz CT molecular complexity index is 1270. The van der Waals surface area contributed by atoms with Crippen LogP contribution in [0.5, 0.6) is 0 Å². The predicted molar refractivity (Wildman–Crippen MR) is 136 cm³/mol. The lowest BCUT2D eigenvalue weighted by Crippen LogP contribution is -2.47. The number of aryl methyl sites for hydroxylation is 1. The van der Waals surface area contributed by atoms with Crippen molar-refractivity contribution in [2.24, 2.45) is 5.92 Å². The zero-order valence-corrected chi connectivity index (χ0v) is 21.3. The fraction of sp³-hybridized carbons (Fsp3) is 0.385. The summed E-state index contributed by atoms with van der Waals surface area (Å²) >= 11 is 6.46. The van der Waals surface area contributed by atoms with Gasteiger partial charge >= 0.3 is 5.97 Å². The lowest BCUT2D eigenvalue weighted by Gasteiger charge is -2.20. The van der Waals surface area contributed by atoms with E-state index in [0.29, 0.717) is 24.1 Å². The number of aromatic carboxylic acids is 1. The number of halogens is 1. The van der Waals surface area contributed by atoms with E-state index in [-0.39, 0.29) is 28.9 Å². The summed E-state index contributed by atoms with van der Waals surface area (Å²) in [5, 5.41) is 22.8. The largest absolute Gasteiger partial charge is 0.478 e. The van der Waals surface area contributed by atoms with E-state index in [4.69, 9.17) is 16.8 Å². The molecule has 0 bridgehead atoms. The molecule has 10 heteroatoms. The van der Waals surface area contributed by atoms with Crippen LogP contribution in [0.3, 0.4) is 0 Å². The van der Waals surface area contributed by atoms with E-state index in [0.717, 1.165) is 23.8 Å². The van der Waals surface area contributed by atoms with E-state index in [1.165, 1.54) is 0 Å². The van der Waals surface area contributed by atoms with Gasteiger partial charge in [-0.1, -0.05) is 69.1 Å². The number of unbranched alkanes of at least 4 members (excludes halogenated alkanes) is 1. The number of aromatic nitrogens is 2. The van der Waals surface area contributed by atoms with Crippen molar-refractivity contribution in [1.29, 1.82) is 0 Å². The molecule has 3 rings (SSSR count). The molecule has 0 fully saturated rings. The van der Waals surface area contributed by atoms with Crippen molar-refractivity contribution in [3.8, 4) is 0 Å². The maximum absolute atomic E-state index is 13.4. The van der Waals surface area contributed by atoms with Gasteiger partial charge in [0, 0.05) is 6.42 Å². The van der Waals surface area contributed by atoms with Crippen molar-refractivity contribution in [3.63, 3.8) is 0 Å². The second kappa shape index (κ2) is 12.0. The van der Waals surface area contributed by atoms with Crippen molar-refractivity contribution in [2.45, 2.75) is 59.0 Å². The number of hydroxylamine groups is 1. The monoisotopic (exact) mass is 514 g/mol. The van der Waals surface area contributed by atoms with E-state index in [1.54, 1.807) is 34.3 Å². The number of carbonyl (C=O) groups excluding carboxylic acids is 2. The highest BCUT2D eigenvalue weighted by molar-refractivity contribution is 6.32. The molecule has 0 saturated carbocycles. The highest BCUT2D eigenvalue weighted by atomic mass is 35.5. The highest BCUT2D eigenvalue weighted by Gasteiger charge is 2.28. The standard InChI is InChI=1S/C26H31ClN4O5/c1-4-5-10-21-29-23(27)22(25(33)28-20(13-15(2)3)24(32)30-36)31(21)14-16-11-12-19(26(34)35)18-9-7-6-8-17(16)18/h6-9,11-12,15,20,36H,4-5,10,13-14H2,1-3H3,(H,28,33)(H,30,32)(H,34,35). The fourth-order valence-electron chi connectivity index (χ4n) is 4.24. The minimum Gasteiger partial charge on any atom is -0.478 e. The maximum Gasteiger partial charge on any atom is 0.336 e. The first-order chi connectivity index (χ1) is 17.2. The third kappa shape index (κ3) is 6.03. The summed E-state index contributed by atoms with van der Waals surface area (Å²) in [4.78, 5) is 41.7. The zero-order valence-electron chi connectivity index (χ0n) is 20.5. The Morgan fingerprint density at radius 3 is 2.42 bits per heavy atom. The summed E-state index contributed by atoms with van der Waals surface area (Å²) < 4.78 is 1.72. The van der Waals surface area contributed by atoms with Crippen molar-refractivity contribution >= 4 is 40.2 Å². The summed E-state index contributed by atoms with van der Waals surface area (Å²) in [5.74, 6) is -1.64. The van der Waals surface area contributed by atoms with Gasteiger partial charge in [-0.05, 0) is 41.2 Å². The van der Waals surface area contributed by atoms with Crippen LogP contribution in [0.25, 0.3) is 10.8 Å². The van der Waals surface area contributed by atoms with Crippen LogP contribution in [-0.2, 0) is 17.8 Å². The minimum absolute atomic E-state index is 0.0118. The van der Waals surface area contributed by atoms with Gasteiger partial charge in [-0.2, -0.15) is 0 Å². The fourth-order valence-corrected chi connectivity index (χ4v) is 4.53. The van der Waals surface area contributed by atoms with Gasteiger partial charge in [0.05, 0.1) is 12.1 Å². The predicted octanol–water partition coefficient (Wildman–Crippen LogP) is 4.43. The van der Waals surface area contributed by atoms with Crippen LogP contribution in [0.1, 0.15) is 72.3 Å². The first-order valence-electron chi connectivity index (χ1n) is 11.9. The number of amides is 2. The molecule has 1 aromatic heterocycles. The quantitative estimate of drug-likeness (QED) is 0.221. The Morgan fingerprint density at radius 2 is 1.81 bits per heavy atom. The van der Waals surface area contributed by atoms with Crippen molar-refractivity contribution in [3.05, 3.63) is 64.2 Å². The molecule has 4 N–H and O–H groups in total. The molecule has 0 spiro atoms. The zero-order chi connectivity index (χ0) is 26.4. The van der Waals surface area contributed by atoms with Crippen molar-refractivity contribution in [2.75, 3.05) is 0 Å². The Hall–Kier alpha value is -3.43. The Morgan fingerprint density at radius 1 is 1.11 bits per heavy atom. The van der Waals surface area contributed by atoms with E-state index < -0.39 is 23.8 Å². The highest BCUT2D eigenvalue weighted by Crippen LogP contribution is 2.27. The third-order valence-corrected chi connectivity index (χ3v) is 6.25. The molecule has 0 radical (unpaired) electrons. The van der Waals surface area contributed by atoms with Crippen molar-refractivity contribution < 1.29 is 24.7 Å². The van der Waals surface area contributed by atoms with E-state index >= 15 is 0 Å². The van der Waals surface area contributed by atoms with Crippen molar-refractivity contribution in [1.82, 2.24) is 20.3 Å². The average molecular weight is 515 g/mol. The second-order valence-corrected chi connectivity index (χ2v) is 9.47. The minimum atomic E-state index is -1.02. The van der Waals surface area contributed by atoms with Gasteiger partial charge in [0.15, 0.2) is 5.15 Å². The van der Waals surface area contributed by atoms with Gasteiger partial charge in [-0.25, -0.2) is 15.3 Å². The number of hydrogen-bond acceptors (Lipinski definition) is 5. The van der Waals surface area contributed by atoms with Crippen LogP contribution >= 0.6 is 11.6 Å². The first-order valence-corrected chi connectivity index (χ1v) is 12.3.